The summed E-state index contributed by atoms with van der Waals surface area (Å²) in [5.41, 5.74) is 3.04. The van der Waals surface area contributed by atoms with Gasteiger partial charge in [-0.1, -0.05) is 30.3 Å². The summed E-state index contributed by atoms with van der Waals surface area (Å²) in [6.45, 7) is 0.713. The summed E-state index contributed by atoms with van der Waals surface area (Å²) in [6, 6.07) is 20.4. The van der Waals surface area contributed by atoms with Crippen molar-refractivity contribution in [2.45, 2.75) is 6.54 Å². The average molecular weight is 511 g/mol. The summed E-state index contributed by atoms with van der Waals surface area (Å²) in [5.74, 6) is 1.52. The zero-order valence-electron chi connectivity index (χ0n) is 14.2. The Morgan fingerprint density at radius 3 is 2.44 bits per heavy atom. The minimum absolute atomic E-state index is 0. The van der Waals surface area contributed by atoms with Gasteiger partial charge in [0.15, 0.2) is 5.82 Å². The first-order chi connectivity index (χ1) is 12.3. The van der Waals surface area contributed by atoms with Gasteiger partial charge in [0.25, 0.3) is 0 Å². The number of anilines is 1. The van der Waals surface area contributed by atoms with Crippen molar-refractivity contribution < 1.29 is 0 Å². The SMILES string of the molecule is Cl.Cl.Ic1ccc2nc(-c3cccnc3)nc(NCc3ccccc3)c2c1. The van der Waals surface area contributed by atoms with E-state index in [0.29, 0.717) is 12.4 Å². The molecule has 0 fully saturated rings. The predicted molar refractivity (Wildman–Crippen MR) is 124 cm³/mol. The van der Waals surface area contributed by atoms with E-state index in [1.807, 2.05) is 36.4 Å². The number of hydrogen-bond acceptors (Lipinski definition) is 4. The Balaban J connectivity index is 0.00000131. The van der Waals surface area contributed by atoms with Gasteiger partial charge in [0, 0.05) is 33.5 Å². The van der Waals surface area contributed by atoms with Gasteiger partial charge in [-0.15, -0.1) is 24.8 Å². The molecule has 0 atom stereocenters. The van der Waals surface area contributed by atoms with E-state index in [0.717, 1.165) is 25.9 Å². The topological polar surface area (TPSA) is 50.7 Å². The van der Waals surface area contributed by atoms with E-state index in [9.17, 15) is 0 Å². The third-order valence-corrected chi connectivity index (χ3v) is 4.55. The molecule has 0 spiro atoms. The number of benzene rings is 2. The molecule has 0 bridgehead atoms. The van der Waals surface area contributed by atoms with E-state index in [1.165, 1.54) is 5.56 Å². The molecule has 0 aliphatic carbocycles. The zero-order valence-corrected chi connectivity index (χ0v) is 18.0. The van der Waals surface area contributed by atoms with Crippen LogP contribution in [-0.2, 0) is 6.54 Å². The quantitative estimate of drug-likeness (QED) is 0.355. The summed E-state index contributed by atoms with van der Waals surface area (Å²) in [6.07, 6.45) is 3.54. The molecule has 2 aromatic carbocycles. The van der Waals surface area contributed by atoms with Crippen LogP contribution in [0.5, 0.6) is 0 Å². The maximum atomic E-state index is 4.76. The molecule has 0 amide bonds. The molecule has 138 valence electrons. The lowest BCUT2D eigenvalue weighted by atomic mass is 10.2. The number of rotatable bonds is 4. The van der Waals surface area contributed by atoms with Crippen molar-refractivity contribution in [3.05, 3.63) is 82.2 Å². The van der Waals surface area contributed by atoms with E-state index in [2.05, 4.69) is 57.2 Å². The standard InChI is InChI=1S/C20H15IN4.2ClH/c21-16-8-9-18-17(11-16)20(23-12-14-5-2-1-3-6-14)25-19(24-18)15-7-4-10-22-13-15;;/h1-11,13H,12H2,(H,23,24,25);2*1H. The molecule has 0 saturated carbocycles. The molecule has 0 unspecified atom stereocenters. The first-order valence-electron chi connectivity index (χ1n) is 7.95. The fourth-order valence-corrected chi connectivity index (χ4v) is 3.13. The van der Waals surface area contributed by atoms with Crippen LogP contribution >= 0.6 is 47.4 Å². The van der Waals surface area contributed by atoms with Crippen molar-refractivity contribution >= 4 is 64.1 Å². The van der Waals surface area contributed by atoms with Gasteiger partial charge in [-0.2, -0.15) is 0 Å². The van der Waals surface area contributed by atoms with Crippen molar-refractivity contribution in [1.29, 1.82) is 0 Å². The van der Waals surface area contributed by atoms with Crippen LogP contribution in [0.25, 0.3) is 22.3 Å². The van der Waals surface area contributed by atoms with Crippen LogP contribution in [0.1, 0.15) is 5.56 Å². The lowest BCUT2D eigenvalue weighted by Gasteiger charge is -2.11. The number of fused-ring (bicyclic) bond motifs is 1. The minimum atomic E-state index is 0. The molecule has 27 heavy (non-hydrogen) atoms. The van der Waals surface area contributed by atoms with Crippen molar-refractivity contribution in [2.75, 3.05) is 5.32 Å². The lowest BCUT2D eigenvalue weighted by molar-refractivity contribution is 1.10. The van der Waals surface area contributed by atoms with E-state index in [4.69, 9.17) is 9.97 Å². The Morgan fingerprint density at radius 2 is 1.70 bits per heavy atom. The fraction of sp³-hybridized carbons (Fsp3) is 0.0500. The maximum Gasteiger partial charge on any atom is 0.163 e. The van der Waals surface area contributed by atoms with Crippen LogP contribution in [0, 0.1) is 3.57 Å². The van der Waals surface area contributed by atoms with E-state index < -0.39 is 0 Å². The van der Waals surface area contributed by atoms with Crippen LogP contribution in [0.15, 0.2) is 73.1 Å². The van der Waals surface area contributed by atoms with Crippen LogP contribution < -0.4 is 5.32 Å². The molecule has 0 aliphatic heterocycles. The van der Waals surface area contributed by atoms with Gasteiger partial charge in [0.1, 0.15) is 5.82 Å². The molecule has 4 nitrogen and oxygen atoms in total. The molecule has 1 N–H and O–H groups in total. The van der Waals surface area contributed by atoms with Gasteiger partial charge in [0.05, 0.1) is 5.52 Å². The highest BCUT2D eigenvalue weighted by molar-refractivity contribution is 14.1. The van der Waals surface area contributed by atoms with Gasteiger partial charge < -0.3 is 5.32 Å². The van der Waals surface area contributed by atoms with Crippen LogP contribution in [0.4, 0.5) is 5.82 Å². The molecule has 7 heteroatoms. The van der Waals surface area contributed by atoms with Crippen LogP contribution in [-0.4, -0.2) is 15.0 Å². The van der Waals surface area contributed by atoms with E-state index >= 15 is 0 Å². The third kappa shape index (κ3) is 5.06. The predicted octanol–water partition coefficient (Wildman–Crippen LogP) is 5.75. The van der Waals surface area contributed by atoms with Gasteiger partial charge in [-0.05, 0) is 58.5 Å². The van der Waals surface area contributed by atoms with Crippen LogP contribution in [0.2, 0.25) is 0 Å². The summed E-state index contributed by atoms with van der Waals surface area (Å²) >= 11 is 2.31. The smallest absolute Gasteiger partial charge is 0.163 e. The van der Waals surface area contributed by atoms with Crippen LogP contribution in [0.3, 0.4) is 0 Å². The molecule has 2 heterocycles. The number of nitrogens with zero attached hydrogens (tertiary/aromatic N) is 3. The lowest BCUT2D eigenvalue weighted by Crippen LogP contribution is -2.04. The second-order valence-corrected chi connectivity index (χ2v) is 6.88. The third-order valence-electron chi connectivity index (χ3n) is 3.88. The summed E-state index contributed by atoms with van der Waals surface area (Å²) < 4.78 is 1.16. The normalized spacial score (nSPS) is 9.96. The average Bonchev–Trinajstić information content (AvgIpc) is 2.67. The van der Waals surface area contributed by atoms with Gasteiger partial charge in [0.2, 0.25) is 0 Å². The maximum absolute atomic E-state index is 4.76. The van der Waals surface area contributed by atoms with Crippen molar-refractivity contribution in [3.63, 3.8) is 0 Å². The molecule has 0 radical (unpaired) electrons. The molecule has 0 saturated heterocycles. The Bertz CT molecular complexity index is 1010. The zero-order chi connectivity index (χ0) is 17.1. The largest absolute Gasteiger partial charge is 0.365 e. The van der Waals surface area contributed by atoms with Crippen molar-refractivity contribution in [3.8, 4) is 11.4 Å². The highest BCUT2D eigenvalue weighted by Crippen LogP contribution is 2.26. The molecule has 0 aliphatic rings. The Kier molecular flexibility index (Phi) is 7.77. The molecular formula is C20H17Cl2IN4. The number of pyridine rings is 1. The van der Waals surface area contributed by atoms with Crippen molar-refractivity contribution in [1.82, 2.24) is 15.0 Å². The molecule has 2 aromatic heterocycles. The molecule has 4 aromatic rings. The first-order valence-corrected chi connectivity index (χ1v) is 9.03. The summed E-state index contributed by atoms with van der Waals surface area (Å²) in [4.78, 5) is 13.6. The van der Waals surface area contributed by atoms with Gasteiger partial charge in [-0.25, -0.2) is 9.97 Å². The number of halogens is 3. The van der Waals surface area contributed by atoms with Gasteiger partial charge >= 0.3 is 0 Å². The Hall–Kier alpha value is -1.96. The second-order valence-electron chi connectivity index (χ2n) is 5.64. The fourth-order valence-electron chi connectivity index (χ4n) is 2.64. The second kappa shape index (κ2) is 9.82. The molecule has 4 rings (SSSR count). The van der Waals surface area contributed by atoms with E-state index in [-0.39, 0.29) is 24.8 Å². The highest BCUT2D eigenvalue weighted by atomic mass is 127. The number of nitrogens with one attached hydrogen (secondary N) is 1. The Labute approximate surface area is 183 Å². The molecular weight excluding hydrogens is 494 g/mol. The number of hydrogen-bond donors (Lipinski definition) is 1. The van der Waals surface area contributed by atoms with E-state index in [1.54, 1.807) is 12.4 Å². The monoisotopic (exact) mass is 510 g/mol. The number of aromatic nitrogens is 3. The van der Waals surface area contributed by atoms with Crippen molar-refractivity contribution in [2.24, 2.45) is 0 Å². The summed E-state index contributed by atoms with van der Waals surface area (Å²) in [7, 11) is 0. The summed E-state index contributed by atoms with van der Waals surface area (Å²) in [5, 5.41) is 4.49. The highest BCUT2D eigenvalue weighted by Gasteiger charge is 2.10. The minimum Gasteiger partial charge on any atom is -0.365 e. The Morgan fingerprint density at radius 1 is 0.889 bits per heavy atom. The first kappa shape index (κ1) is 21.3. The van der Waals surface area contributed by atoms with Gasteiger partial charge in [-0.3, -0.25) is 4.98 Å².